The van der Waals surface area contributed by atoms with Crippen molar-refractivity contribution in [3.63, 3.8) is 0 Å². The van der Waals surface area contributed by atoms with Crippen LogP contribution in [0.3, 0.4) is 0 Å². The van der Waals surface area contributed by atoms with Crippen molar-refractivity contribution in [2.45, 2.75) is 0 Å². The first-order valence-electron chi connectivity index (χ1n) is 0.783. The summed E-state index contributed by atoms with van der Waals surface area (Å²) in [7, 11) is 3.66. The van der Waals surface area contributed by atoms with Crippen molar-refractivity contribution in [3.8, 4) is 0 Å². The zero-order chi connectivity index (χ0) is 4.50. The Morgan fingerprint density at radius 2 is 1.17 bits per heavy atom. The summed E-state index contributed by atoms with van der Waals surface area (Å²) in [6.07, 6.45) is 0. The molecular weight excluding hydrogens is 169 g/mol. The van der Waals surface area contributed by atoms with Crippen molar-refractivity contribution in [2.24, 2.45) is 0 Å². The summed E-state index contributed by atoms with van der Waals surface area (Å²) >= 11 is -4.29. The van der Waals surface area contributed by atoms with Gasteiger partial charge in [0, 0.05) is 0 Å². The third-order valence-corrected chi connectivity index (χ3v) is 0. The summed E-state index contributed by atoms with van der Waals surface area (Å²) < 4.78 is 22.9. The maximum atomic E-state index is 7.62. The molecular formula is H6AsNO3S. The summed E-state index contributed by atoms with van der Waals surface area (Å²) in [5.74, 6) is 0. The molecule has 6 heavy (non-hydrogen) atoms. The Labute approximate surface area is 42.3 Å². The van der Waals surface area contributed by atoms with Gasteiger partial charge in [0.25, 0.3) is 0 Å². The Kier molecular flexibility index (Phi) is 4.47. The van der Waals surface area contributed by atoms with E-state index in [2.05, 4.69) is 10.4 Å². The molecule has 0 aliphatic heterocycles. The van der Waals surface area contributed by atoms with E-state index in [0.29, 0.717) is 0 Å². The Morgan fingerprint density at radius 3 is 1.17 bits per heavy atom. The Hall–Kier alpha value is 0.618. The van der Waals surface area contributed by atoms with Gasteiger partial charge in [-0.05, 0) is 0 Å². The van der Waals surface area contributed by atoms with E-state index in [4.69, 9.17) is 12.3 Å². The second kappa shape index (κ2) is 2.74. The zero-order valence-electron chi connectivity index (χ0n) is 2.90. The molecule has 0 aromatic heterocycles. The molecule has 0 aliphatic rings. The first kappa shape index (κ1) is 9.79. The molecule has 0 aromatic carbocycles. The molecule has 6 heteroatoms. The molecule has 0 atom stereocenters. The minimum atomic E-state index is -4.29. The predicted octanol–water partition coefficient (Wildman–Crippen LogP) is -1.24. The van der Waals surface area contributed by atoms with Crippen LogP contribution in [0.4, 0.5) is 0 Å². The fourth-order valence-corrected chi connectivity index (χ4v) is 0. The van der Waals surface area contributed by atoms with Crippen molar-refractivity contribution in [1.29, 1.82) is 0 Å². The van der Waals surface area contributed by atoms with Crippen molar-refractivity contribution in [3.05, 3.63) is 0 Å². The molecule has 0 heterocycles. The third kappa shape index (κ3) is 158. The Balaban J connectivity index is 0. The summed E-state index contributed by atoms with van der Waals surface area (Å²) in [4.78, 5) is 0. The van der Waals surface area contributed by atoms with E-state index in [0.717, 1.165) is 0 Å². The van der Waals surface area contributed by atoms with Crippen LogP contribution in [0.1, 0.15) is 0 Å². The van der Waals surface area contributed by atoms with Gasteiger partial charge < -0.3 is 6.15 Å². The van der Waals surface area contributed by atoms with Crippen molar-refractivity contribution < 1.29 is 12.3 Å². The molecule has 0 unspecified atom stereocenters. The van der Waals surface area contributed by atoms with Crippen molar-refractivity contribution in [2.75, 3.05) is 0 Å². The van der Waals surface area contributed by atoms with Gasteiger partial charge in [-0.25, -0.2) is 0 Å². The van der Waals surface area contributed by atoms with E-state index in [-0.39, 0.29) is 6.15 Å². The zero-order valence-corrected chi connectivity index (χ0v) is 5.60. The summed E-state index contributed by atoms with van der Waals surface area (Å²) in [6.45, 7) is 0. The number of hydrogen-bond acceptors (Lipinski definition) is 2. The molecule has 0 aliphatic carbocycles. The van der Waals surface area contributed by atoms with Gasteiger partial charge in [0.1, 0.15) is 0 Å². The van der Waals surface area contributed by atoms with E-state index in [9.17, 15) is 0 Å². The number of hydrogen-bond donors (Lipinski definition) is 4. The van der Waals surface area contributed by atoms with Gasteiger partial charge in [0.05, 0.1) is 0 Å². The van der Waals surface area contributed by atoms with E-state index in [1.807, 2.05) is 0 Å². The molecule has 4 nitrogen and oxygen atoms in total. The average molecular weight is 175 g/mol. The molecule has 0 bridgehead atoms. The van der Waals surface area contributed by atoms with Gasteiger partial charge in [0.2, 0.25) is 0 Å². The summed E-state index contributed by atoms with van der Waals surface area (Å²) in [5.41, 5.74) is 0. The van der Waals surface area contributed by atoms with Crippen molar-refractivity contribution in [1.82, 2.24) is 6.15 Å². The molecule has 0 spiro atoms. The standard InChI is InChI=1S/AsH3O3S.H3N/c2-1(3,4)5;/h(H3,2,3,4,5);1H3. The van der Waals surface area contributed by atoms with Gasteiger partial charge in [-0.3, -0.25) is 0 Å². The monoisotopic (exact) mass is 175 g/mol. The molecule has 6 N–H and O–H groups in total. The molecule has 0 saturated carbocycles. The van der Waals surface area contributed by atoms with Gasteiger partial charge in [-0.2, -0.15) is 0 Å². The van der Waals surface area contributed by atoms with Crippen LogP contribution in [0.15, 0.2) is 0 Å². The topological polar surface area (TPSA) is 95.7 Å². The number of rotatable bonds is 0. The third-order valence-electron chi connectivity index (χ3n) is 0. The molecule has 40 valence electrons. The molecule has 0 aromatic rings. The Morgan fingerprint density at radius 1 is 1.17 bits per heavy atom. The second-order valence-electron chi connectivity index (χ2n) is 0.513. The fourth-order valence-electron chi connectivity index (χ4n) is 0. The quantitative estimate of drug-likeness (QED) is 0.345. The van der Waals surface area contributed by atoms with E-state index < -0.39 is 12.9 Å². The first-order chi connectivity index (χ1) is 2.00. The van der Waals surface area contributed by atoms with Crippen LogP contribution in [0.5, 0.6) is 0 Å². The summed E-state index contributed by atoms with van der Waals surface area (Å²) in [6, 6.07) is 0. The van der Waals surface area contributed by atoms with Crippen LogP contribution < -0.4 is 6.15 Å². The van der Waals surface area contributed by atoms with Crippen LogP contribution in [-0.2, 0) is 0 Å². The van der Waals surface area contributed by atoms with Gasteiger partial charge >= 0.3 is 35.6 Å². The van der Waals surface area contributed by atoms with E-state index >= 15 is 0 Å². The molecule has 0 amide bonds. The molecule has 0 rings (SSSR count). The van der Waals surface area contributed by atoms with Crippen LogP contribution in [0.2, 0.25) is 0 Å². The average Bonchev–Trinajstić information content (AvgIpc) is 0.722. The van der Waals surface area contributed by atoms with E-state index in [1.165, 1.54) is 0 Å². The molecule has 0 saturated heterocycles. The van der Waals surface area contributed by atoms with Gasteiger partial charge in [-0.15, -0.1) is 0 Å². The minimum absolute atomic E-state index is 0. The predicted molar refractivity (Wildman–Crippen MR) is 25.0 cm³/mol. The fraction of sp³-hybridized carbons (Fsp3) is 0. The van der Waals surface area contributed by atoms with Crippen LogP contribution in [0, 0.1) is 0 Å². The second-order valence-corrected chi connectivity index (χ2v) is 5.21. The van der Waals surface area contributed by atoms with Crippen LogP contribution >= 0.6 is 10.4 Å². The van der Waals surface area contributed by atoms with E-state index in [1.54, 1.807) is 0 Å². The van der Waals surface area contributed by atoms with Crippen LogP contribution in [-0.4, -0.2) is 25.2 Å². The van der Waals surface area contributed by atoms with Gasteiger partial charge in [-0.1, -0.05) is 0 Å². The summed E-state index contributed by atoms with van der Waals surface area (Å²) in [5, 5.41) is 0. The molecule has 0 fully saturated rings. The van der Waals surface area contributed by atoms with Gasteiger partial charge in [0.15, 0.2) is 0 Å². The van der Waals surface area contributed by atoms with Crippen LogP contribution in [0.25, 0.3) is 0 Å². The first-order valence-corrected chi connectivity index (χ1v) is 5.96. The SMILES string of the molecule is N.O[As](O)(O)=S. The van der Waals surface area contributed by atoms with Crippen molar-refractivity contribution >= 4 is 23.3 Å². The maximum absolute atomic E-state index is 7.62. The molecule has 0 radical (unpaired) electrons. The Bertz CT molecular complexity index is 56.9. The normalized spacial score (nSPS) is 9.83.